The standard InChI is InChI=1S/C16H17ClO4/c1-4-11-16(14(18)20-5-2,15(19)21-6-3)12-9-7-8-10-13(12)17/h1,7-10H,5-6,11H2,2-3H3. The Balaban J connectivity index is 3.52. The quantitative estimate of drug-likeness (QED) is 0.460. The number of ether oxygens (including phenoxy) is 2. The van der Waals surface area contributed by atoms with Gasteiger partial charge in [0.1, 0.15) is 0 Å². The van der Waals surface area contributed by atoms with E-state index in [1.807, 2.05) is 0 Å². The third kappa shape index (κ3) is 3.37. The second kappa shape index (κ2) is 7.70. The van der Waals surface area contributed by atoms with E-state index in [0.29, 0.717) is 5.56 Å². The first-order valence-corrected chi connectivity index (χ1v) is 6.95. The topological polar surface area (TPSA) is 52.6 Å². The van der Waals surface area contributed by atoms with E-state index < -0.39 is 17.4 Å². The van der Waals surface area contributed by atoms with Gasteiger partial charge in [-0.1, -0.05) is 29.8 Å². The lowest BCUT2D eigenvalue weighted by Crippen LogP contribution is -2.46. The second-order valence-electron chi connectivity index (χ2n) is 4.21. The van der Waals surface area contributed by atoms with Crippen molar-refractivity contribution in [2.45, 2.75) is 25.7 Å². The minimum atomic E-state index is -1.74. The van der Waals surface area contributed by atoms with Crippen molar-refractivity contribution in [2.75, 3.05) is 13.2 Å². The molecule has 1 rings (SSSR count). The van der Waals surface area contributed by atoms with E-state index in [1.165, 1.54) is 0 Å². The van der Waals surface area contributed by atoms with Crippen LogP contribution >= 0.6 is 11.6 Å². The van der Waals surface area contributed by atoms with Gasteiger partial charge in [0.15, 0.2) is 0 Å². The van der Waals surface area contributed by atoms with Crippen LogP contribution in [0.25, 0.3) is 0 Å². The van der Waals surface area contributed by atoms with Gasteiger partial charge in [0.25, 0.3) is 0 Å². The summed E-state index contributed by atoms with van der Waals surface area (Å²) >= 11 is 6.15. The number of carbonyl (C=O) groups excluding carboxylic acids is 2. The molecule has 0 saturated heterocycles. The minimum absolute atomic E-state index is 0.120. The van der Waals surface area contributed by atoms with Crippen molar-refractivity contribution in [1.82, 2.24) is 0 Å². The Morgan fingerprint density at radius 1 is 1.19 bits per heavy atom. The maximum atomic E-state index is 12.4. The largest absolute Gasteiger partial charge is 0.465 e. The van der Waals surface area contributed by atoms with Crippen molar-refractivity contribution in [3.63, 3.8) is 0 Å². The molecule has 0 saturated carbocycles. The normalized spacial score (nSPS) is 10.6. The van der Waals surface area contributed by atoms with Crippen LogP contribution < -0.4 is 0 Å². The molecule has 0 N–H and O–H groups in total. The molecule has 0 heterocycles. The SMILES string of the molecule is C#CCC(C(=O)OCC)(C(=O)OCC)c1ccccc1Cl. The van der Waals surface area contributed by atoms with Crippen LogP contribution in [0.4, 0.5) is 0 Å². The lowest BCUT2D eigenvalue weighted by Gasteiger charge is -2.28. The molecular weight excluding hydrogens is 292 g/mol. The summed E-state index contributed by atoms with van der Waals surface area (Å²) in [4.78, 5) is 24.9. The molecule has 0 aliphatic heterocycles. The lowest BCUT2D eigenvalue weighted by atomic mass is 9.77. The first kappa shape index (κ1) is 17.1. The Hall–Kier alpha value is -1.99. The predicted molar refractivity (Wildman–Crippen MR) is 79.8 cm³/mol. The molecule has 0 aliphatic rings. The van der Waals surface area contributed by atoms with E-state index in [0.717, 1.165) is 0 Å². The summed E-state index contributed by atoms with van der Waals surface area (Å²) in [6.07, 6.45) is 5.18. The highest BCUT2D eigenvalue weighted by Crippen LogP contribution is 2.36. The third-order valence-corrected chi connectivity index (χ3v) is 3.28. The number of halogens is 1. The van der Waals surface area contributed by atoms with Gasteiger partial charge in [-0.3, -0.25) is 9.59 Å². The molecule has 1 aromatic carbocycles. The highest BCUT2D eigenvalue weighted by molar-refractivity contribution is 6.32. The van der Waals surface area contributed by atoms with Crippen LogP contribution in [-0.2, 0) is 24.5 Å². The van der Waals surface area contributed by atoms with Gasteiger partial charge in [0.05, 0.1) is 13.2 Å². The fourth-order valence-corrected chi connectivity index (χ4v) is 2.31. The Labute approximate surface area is 129 Å². The van der Waals surface area contributed by atoms with Gasteiger partial charge in [-0.2, -0.15) is 0 Å². The number of hydrogen-bond donors (Lipinski definition) is 0. The zero-order chi connectivity index (χ0) is 15.9. The summed E-state index contributed by atoms with van der Waals surface area (Å²) in [5.74, 6) is 0.842. The van der Waals surface area contributed by atoms with Crippen LogP contribution in [0.3, 0.4) is 0 Å². The number of esters is 2. The van der Waals surface area contributed by atoms with Crippen molar-refractivity contribution in [3.05, 3.63) is 34.9 Å². The molecule has 0 aliphatic carbocycles. The molecule has 0 bridgehead atoms. The Bertz CT molecular complexity index is 542. The summed E-state index contributed by atoms with van der Waals surface area (Å²) in [5, 5.41) is 0.258. The molecule has 0 aromatic heterocycles. The monoisotopic (exact) mass is 308 g/mol. The average Bonchev–Trinajstić information content (AvgIpc) is 2.46. The smallest absolute Gasteiger partial charge is 0.329 e. The first-order chi connectivity index (χ1) is 10.0. The molecule has 21 heavy (non-hydrogen) atoms. The molecule has 0 unspecified atom stereocenters. The van der Waals surface area contributed by atoms with Crippen LogP contribution in [0.1, 0.15) is 25.8 Å². The predicted octanol–water partition coefficient (Wildman–Crippen LogP) is 2.73. The summed E-state index contributed by atoms with van der Waals surface area (Å²) < 4.78 is 10.1. The van der Waals surface area contributed by atoms with Crippen LogP contribution in [0, 0.1) is 12.3 Å². The van der Waals surface area contributed by atoms with Crippen LogP contribution in [0.5, 0.6) is 0 Å². The molecule has 0 amide bonds. The fraction of sp³-hybridized carbons (Fsp3) is 0.375. The number of terminal acetylenes is 1. The fourth-order valence-electron chi connectivity index (χ4n) is 2.01. The van der Waals surface area contributed by atoms with Gasteiger partial charge in [-0.15, -0.1) is 12.3 Å². The zero-order valence-corrected chi connectivity index (χ0v) is 12.8. The summed E-state index contributed by atoms with van der Waals surface area (Å²) in [6, 6.07) is 6.53. The van der Waals surface area contributed by atoms with E-state index in [9.17, 15) is 9.59 Å². The van der Waals surface area contributed by atoms with Gasteiger partial charge in [-0.25, -0.2) is 0 Å². The first-order valence-electron chi connectivity index (χ1n) is 6.57. The zero-order valence-electron chi connectivity index (χ0n) is 12.0. The van der Waals surface area contributed by atoms with Crippen molar-refractivity contribution in [1.29, 1.82) is 0 Å². The van der Waals surface area contributed by atoms with E-state index in [4.69, 9.17) is 27.5 Å². The number of rotatable bonds is 6. The molecule has 1 aromatic rings. The van der Waals surface area contributed by atoms with Gasteiger partial charge in [0.2, 0.25) is 5.41 Å². The molecular formula is C16H17ClO4. The molecule has 112 valence electrons. The van der Waals surface area contributed by atoms with E-state index in [2.05, 4.69) is 5.92 Å². The summed E-state index contributed by atoms with van der Waals surface area (Å²) in [5.41, 5.74) is -1.44. The highest BCUT2D eigenvalue weighted by Gasteiger charge is 2.51. The second-order valence-corrected chi connectivity index (χ2v) is 4.61. The van der Waals surface area contributed by atoms with Crippen LogP contribution in [-0.4, -0.2) is 25.2 Å². The van der Waals surface area contributed by atoms with Gasteiger partial charge >= 0.3 is 11.9 Å². The lowest BCUT2D eigenvalue weighted by molar-refractivity contribution is -0.164. The molecule has 0 radical (unpaired) electrons. The Kier molecular flexibility index (Phi) is 6.26. The summed E-state index contributed by atoms with van der Waals surface area (Å²) in [6.45, 7) is 3.54. The van der Waals surface area contributed by atoms with E-state index in [1.54, 1.807) is 38.1 Å². The number of carbonyl (C=O) groups is 2. The van der Waals surface area contributed by atoms with Crippen molar-refractivity contribution >= 4 is 23.5 Å². The van der Waals surface area contributed by atoms with E-state index in [-0.39, 0.29) is 24.7 Å². The van der Waals surface area contributed by atoms with Crippen molar-refractivity contribution in [2.24, 2.45) is 0 Å². The van der Waals surface area contributed by atoms with Crippen molar-refractivity contribution < 1.29 is 19.1 Å². The van der Waals surface area contributed by atoms with Gasteiger partial charge in [-0.05, 0) is 19.9 Å². The Morgan fingerprint density at radius 2 is 1.71 bits per heavy atom. The van der Waals surface area contributed by atoms with Gasteiger partial charge < -0.3 is 9.47 Å². The molecule has 0 spiro atoms. The average molecular weight is 309 g/mol. The Morgan fingerprint density at radius 3 is 2.14 bits per heavy atom. The van der Waals surface area contributed by atoms with Crippen LogP contribution in [0.15, 0.2) is 24.3 Å². The van der Waals surface area contributed by atoms with Gasteiger partial charge in [0, 0.05) is 17.0 Å². The molecule has 4 nitrogen and oxygen atoms in total. The number of hydrogen-bond acceptors (Lipinski definition) is 4. The molecule has 0 fully saturated rings. The van der Waals surface area contributed by atoms with Crippen molar-refractivity contribution in [3.8, 4) is 12.3 Å². The minimum Gasteiger partial charge on any atom is -0.465 e. The maximum Gasteiger partial charge on any atom is 0.329 e. The third-order valence-electron chi connectivity index (χ3n) is 2.95. The molecule has 5 heteroatoms. The highest BCUT2D eigenvalue weighted by atomic mass is 35.5. The maximum absolute atomic E-state index is 12.4. The summed E-state index contributed by atoms with van der Waals surface area (Å²) in [7, 11) is 0. The number of benzene rings is 1. The molecule has 0 atom stereocenters. The van der Waals surface area contributed by atoms with E-state index >= 15 is 0 Å². The van der Waals surface area contributed by atoms with Crippen LogP contribution in [0.2, 0.25) is 5.02 Å².